The molecule has 1 fully saturated rings. The monoisotopic (exact) mass is 278 g/mol. The van der Waals surface area contributed by atoms with E-state index in [0.717, 1.165) is 11.8 Å². The van der Waals surface area contributed by atoms with Gasteiger partial charge in [-0.15, -0.1) is 0 Å². The van der Waals surface area contributed by atoms with Crippen molar-refractivity contribution in [3.8, 4) is 0 Å². The third kappa shape index (κ3) is 11.2. The van der Waals surface area contributed by atoms with Gasteiger partial charge in [-0.1, -0.05) is 68.2 Å². The maximum absolute atomic E-state index is 2.38. The molecule has 0 aliphatic heterocycles. The molecule has 1 rings (SSSR count). The van der Waals surface area contributed by atoms with Gasteiger partial charge in [0.05, 0.1) is 0 Å². The van der Waals surface area contributed by atoms with Crippen molar-refractivity contribution in [2.75, 3.05) is 0 Å². The zero-order valence-electron chi connectivity index (χ0n) is 8.27. The van der Waals surface area contributed by atoms with Crippen molar-refractivity contribution in [3.05, 3.63) is 7.43 Å². The van der Waals surface area contributed by atoms with Crippen molar-refractivity contribution in [1.29, 1.82) is 0 Å². The maximum atomic E-state index is 2.38. The van der Waals surface area contributed by atoms with E-state index in [1.807, 2.05) is 0 Å². The molecule has 1 heteroatoms. The van der Waals surface area contributed by atoms with E-state index in [2.05, 4.69) is 13.8 Å². The Hall–Kier alpha value is 1.10. The van der Waals surface area contributed by atoms with Gasteiger partial charge in [-0.25, -0.2) is 0 Å². The second-order valence-electron chi connectivity index (χ2n) is 3.53. The van der Waals surface area contributed by atoms with Crippen LogP contribution in [0.1, 0.15) is 68.2 Å². The Balaban J connectivity index is -0.0000000540. The summed E-state index contributed by atoms with van der Waals surface area (Å²) in [5.41, 5.74) is 0. The maximum Gasteiger partial charge on any atom is 0 e. The SMILES string of the molecule is C.C.C.CCC1CCC(C)CC1.[CH3-].[Y]. The van der Waals surface area contributed by atoms with E-state index in [1.54, 1.807) is 0 Å². The molecule has 0 aromatic heterocycles. The molecule has 1 aliphatic carbocycles. The summed E-state index contributed by atoms with van der Waals surface area (Å²) < 4.78 is 0. The molecule has 0 heterocycles. The summed E-state index contributed by atoms with van der Waals surface area (Å²) in [5, 5.41) is 0. The predicted octanol–water partition coefficient (Wildman–Crippen LogP) is 5.58. The van der Waals surface area contributed by atoms with Crippen molar-refractivity contribution in [2.45, 2.75) is 68.2 Å². The van der Waals surface area contributed by atoms with Crippen LogP contribution in [0.2, 0.25) is 0 Å². The van der Waals surface area contributed by atoms with Gasteiger partial charge in [0.1, 0.15) is 0 Å². The Morgan fingerprint density at radius 2 is 1.29 bits per heavy atom. The molecule has 0 unspecified atom stereocenters. The van der Waals surface area contributed by atoms with Crippen molar-refractivity contribution in [3.63, 3.8) is 0 Å². The van der Waals surface area contributed by atoms with Crippen LogP contribution in [0.15, 0.2) is 0 Å². The van der Waals surface area contributed by atoms with Crippen molar-refractivity contribution < 1.29 is 32.7 Å². The van der Waals surface area contributed by atoms with Gasteiger partial charge in [-0.2, -0.15) is 0 Å². The van der Waals surface area contributed by atoms with Gasteiger partial charge in [-0.3, -0.25) is 0 Å². The van der Waals surface area contributed by atoms with Gasteiger partial charge in [0.15, 0.2) is 0 Å². The number of hydrogen-bond acceptors (Lipinski definition) is 0. The first-order chi connectivity index (χ1) is 4.33. The molecule has 0 atom stereocenters. The molecule has 1 saturated carbocycles. The van der Waals surface area contributed by atoms with Gasteiger partial charge in [0.2, 0.25) is 0 Å². The molecular formula is C13H33Y-. The summed E-state index contributed by atoms with van der Waals surface area (Å²) in [6.07, 6.45) is 7.37. The third-order valence-electron chi connectivity index (χ3n) is 2.71. The minimum Gasteiger partial charge on any atom is -0.358 e. The molecule has 1 radical (unpaired) electrons. The van der Waals surface area contributed by atoms with E-state index < -0.39 is 0 Å². The molecule has 0 spiro atoms. The molecule has 0 N–H and O–H groups in total. The second kappa shape index (κ2) is 16.5. The molecule has 0 amide bonds. The molecule has 0 aromatic carbocycles. The van der Waals surface area contributed by atoms with Crippen molar-refractivity contribution >= 4 is 0 Å². The van der Waals surface area contributed by atoms with Gasteiger partial charge >= 0.3 is 0 Å². The van der Waals surface area contributed by atoms with Crippen LogP contribution in [-0.2, 0) is 32.7 Å². The van der Waals surface area contributed by atoms with Crippen LogP contribution in [0.5, 0.6) is 0 Å². The zero-order chi connectivity index (χ0) is 6.69. The smallest absolute Gasteiger partial charge is 0 e. The predicted molar refractivity (Wildman–Crippen MR) is 68.0 cm³/mol. The Morgan fingerprint density at radius 3 is 1.57 bits per heavy atom. The third-order valence-corrected chi connectivity index (χ3v) is 2.71. The summed E-state index contributed by atoms with van der Waals surface area (Å²) in [4.78, 5) is 0. The van der Waals surface area contributed by atoms with Crippen LogP contribution in [0.25, 0.3) is 0 Å². The Kier molecular flexibility index (Phi) is 34.7. The summed E-state index contributed by atoms with van der Waals surface area (Å²) in [7, 11) is 0. The van der Waals surface area contributed by atoms with Gasteiger partial charge in [-0.05, 0) is 11.8 Å². The van der Waals surface area contributed by atoms with Crippen LogP contribution in [0.4, 0.5) is 0 Å². The fourth-order valence-electron chi connectivity index (χ4n) is 1.74. The van der Waals surface area contributed by atoms with Crippen LogP contribution in [-0.4, -0.2) is 0 Å². The first-order valence-corrected chi connectivity index (χ1v) is 4.33. The standard InChI is InChI=1S/C9H18.3CH4.CH3.Y/c1-3-9-6-4-8(2)5-7-9;;;;;/h8-9H,3-7H2,1-2H3;3*1H4;1H3;/q;;;;-1;. The topological polar surface area (TPSA) is 0 Å². The Labute approximate surface area is 120 Å². The molecule has 0 bridgehead atoms. The van der Waals surface area contributed by atoms with E-state index in [9.17, 15) is 0 Å². The summed E-state index contributed by atoms with van der Waals surface area (Å²) >= 11 is 0. The normalized spacial score (nSPS) is 23.6. The molecule has 0 nitrogen and oxygen atoms in total. The largest absolute Gasteiger partial charge is 0.358 e. The fraction of sp³-hybridized carbons (Fsp3) is 0.923. The zero-order valence-corrected chi connectivity index (χ0v) is 11.1. The number of rotatable bonds is 1. The van der Waals surface area contributed by atoms with E-state index in [-0.39, 0.29) is 62.4 Å². The second-order valence-corrected chi connectivity index (χ2v) is 3.53. The average molecular weight is 278 g/mol. The molecular weight excluding hydrogens is 245 g/mol. The average Bonchev–Trinajstić information content (AvgIpc) is 1.90. The minimum absolute atomic E-state index is 0. The van der Waals surface area contributed by atoms with E-state index in [1.165, 1.54) is 32.1 Å². The van der Waals surface area contributed by atoms with Crippen LogP contribution < -0.4 is 0 Å². The van der Waals surface area contributed by atoms with E-state index in [0.29, 0.717) is 0 Å². The van der Waals surface area contributed by atoms with E-state index in [4.69, 9.17) is 0 Å². The van der Waals surface area contributed by atoms with Crippen LogP contribution >= 0.6 is 0 Å². The van der Waals surface area contributed by atoms with E-state index >= 15 is 0 Å². The minimum atomic E-state index is 0. The molecule has 14 heavy (non-hydrogen) atoms. The van der Waals surface area contributed by atoms with Gasteiger partial charge in [0, 0.05) is 32.7 Å². The number of hydrogen-bond donors (Lipinski definition) is 0. The van der Waals surface area contributed by atoms with Gasteiger partial charge < -0.3 is 7.43 Å². The first kappa shape index (κ1) is 29.4. The van der Waals surface area contributed by atoms with Crippen molar-refractivity contribution in [2.24, 2.45) is 11.8 Å². The Morgan fingerprint density at radius 1 is 0.929 bits per heavy atom. The van der Waals surface area contributed by atoms with Crippen LogP contribution in [0.3, 0.4) is 0 Å². The van der Waals surface area contributed by atoms with Crippen LogP contribution in [0, 0.1) is 19.3 Å². The Bertz CT molecular complexity index is 73.3. The van der Waals surface area contributed by atoms with Gasteiger partial charge in [0.25, 0.3) is 0 Å². The summed E-state index contributed by atoms with van der Waals surface area (Å²) in [6, 6.07) is 0. The summed E-state index contributed by atoms with van der Waals surface area (Å²) in [6.45, 7) is 4.70. The molecule has 0 saturated heterocycles. The molecule has 89 valence electrons. The van der Waals surface area contributed by atoms with Crippen molar-refractivity contribution in [1.82, 2.24) is 0 Å². The summed E-state index contributed by atoms with van der Waals surface area (Å²) in [5.74, 6) is 2.09. The quantitative estimate of drug-likeness (QED) is 0.549. The fourth-order valence-corrected chi connectivity index (χ4v) is 1.74. The first-order valence-electron chi connectivity index (χ1n) is 4.33. The molecule has 0 aromatic rings. The molecule has 1 aliphatic rings.